The maximum Gasteiger partial charge on any atom is 0.289 e. The number of furan rings is 1. The zero-order valence-corrected chi connectivity index (χ0v) is 27.1. The van der Waals surface area contributed by atoms with Crippen molar-refractivity contribution in [2.75, 3.05) is 0 Å². The highest BCUT2D eigenvalue weighted by Crippen LogP contribution is 2.46. The predicted octanol–water partition coefficient (Wildman–Crippen LogP) is 12.0. The molecule has 0 fully saturated rings. The molecular formula is C48H28BNO2S. The Bertz CT molecular complexity index is 4690. The van der Waals surface area contributed by atoms with E-state index in [9.17, 15) is 15.1 Å². The molecule has 0 saturated carbocycles. The SMILES string of the molecule is [2H]c1c([2H])c([2H])c2c(c1[2H])SB1c3c([2H])c([2H])c(-c4c([2H])c([2H])c([2H])c(-n5c6c([2H])c([2H])c([2H])c([2H])c6c6c([2H])c([2H])c([2H])c([2H])c65)c4[2H])c([2H])c3Oc3c([2H])c(-c4c([2H])c([2H])c5c(oc6c([2H])c([2H])c([2H])c([2H])c65)c4[2H])c([2H])c-2c31. The fourth-order valence-electron chi connectivity index (χ4n) is 6.64. The highest BCUT2D eigenvalue weighted by Gasteiger charge is 2.39. The minimum atomic E-state index is -1.49. The summed E-state index contributed by atoms with van der Waals surface area (Å²) >= 11 is 0.679. The van der Waals surface area contributed by atoms with Crippen LogP contribution in [-0.2, 0) is 0 Å². The van der Waals surface area contributed by atoms with E-state index in [0.717, 1.165) is 4.57 Å². The highest BCUT2D eigenvalue weighted by atomic mass is 32.2. The van der Waals surface area contributed by atoms with Gasteiger partial charge in [-0.25, -0.2) is 0 Å². The molecule has 0 spiro atoms. The molecule has 0 amide bonds. The van der Waals surface area contributed by atoms with E-state index in [0.29, 0.717) is 11.6 Å². The third-order valence-electron chi connectivity index (χ3n) is 8.93. The summed E-state index contributed by atoms with van der Waals surface area (Å²) in [7, 11) is 0. The average molecular weight is 722 g/mol. The van der Waals surface area contributed by atoms with Gasteiger partial charge in [0.2, 0.25) is 0 Å². The van der Waals surface area contributed by atoms with Crippen molar-refractivity contribution in [2.24, 2.45) is 0 Å². The first kappa shape index (κ1) is 13.2. The number of aromatic nitrogens is 1. The van der Waals surface area contributed by atoms with E-state index in [4.69, 9.17) is 32.5 Å². The molecule has 2 aromatic heterocycles. The molecule has 3 nitrogen and oxygen atoms in total. The van der Waals surface area contributed by atoms with Crippen molar-refractivity contribution >= 4 is 72.3 Å². The van der Waals surface area contributed by atoms with Crippen LogP contribution >= 0.6 is 11.6 Å². The number of ether oxygens (including phenoxy) is 1. The number of para-hydroxylation sites is 3. The molecule has 0 bridgehead atoms. The summed E-state index contributed by atoms with van der Waals surface area (Å²) in [6.07, 6.45) is 0. The van der Waals surface area contributed by atoms with Crippen molar-refractivity contribution in [3.8, 4) is 50.6 Å². The van der Waals surface area contributed by atoms with Gasteiger partial charge in [-0.3, -0.25) is 0 Å². The Labute approximate surface area is 349 Å². The molecule has 4 heterocycles. The van der Waals surface area contributed by atoms with Crippen LogP contribution in [0.3, 0.4) is 0 Å². The molecule has 0 radical (unpaired) electrons. The van der Waals surface area contributed by atoms with Crippen LogP contribution < -0.4 is 15.7 Å². The van der Waals surface area contributed by atoms with Crippen LogP contribution in [-0.4, -0.2) is 10.6 Å². The van der Waals surface area contributed by atoms with Gasteiger partial charge in [-0.1, -0.05) is 103 Å². The van der Waals surface area contributed by atoms with Crippen molar-refractivity contribution in [3.63, 3.8) is 0 Å². The van der Waals surface area contributed by atoms with E-state index in [-0.39, 0.29) is 37.7 Å². The van der Waals surface area contributed by atoms with Crippen LogP contribution in [0, 0.1) is 0 Å². The van der Waals surface area contributed by atoms with E-state index in [1.807, 2.05) is 0 Å². The number of fused-ring (bicyclic) bond motifs is 10. The van der Waals surface area contributed by atoms with Crippen molar-refractivity contribution in [2.45, 2.75) is 4.90 Å². The standard InChI is InChI=1S/C48H28BNO2S/c1-5-16-41-34(12-1)35-13-2-6-17-42(35)50(41)33-11-9-10-29(24-33)30-21-23-40-45(27-30)52-46-28-32(25-39-38-15-4-8-19-47(38)53-49(40)48(39)46)31-20-22-37-36-14-3-7-18-43(36)51-44(37)26-31/h1-28H/i1D,2D,3D,4D,5D,6D,7D,8D,9D,10D,11D,12D,13D,14D,15D,16D,17D,18D,19D,20D,21D,22D,23D,24D,25D,26D,27D,28D. The lowest BCUT2D eigenvalue weighted by molar-refractivity contribution is 0.488. The minimum absolute atomic E-state index is 0.196. The molecule has 246 valence electrons. The first-order chi connectivity index (χ1) is 37.9. The summed E-state index contributed by atoms with van der Waals surface area (Å²) in [6, 6.07) is -22.8. The van der Waals surface area contributed by atoms with Gasteiger partial charge in [0.05, 0.1) is 49.4 Å². The second-order valence-electron chi connectivity index (χ2n) is 11.8. The number of nitrogens with zero attached hydrogens (tertiary/aromatic N) is 1. The van der Waals surface area contributed by atoms with Gasteiger partial charge in [-0.05, 0) is 111 Å². The molecule has 0 N–H and O–H groups in total. The maximum absolute atomic E-state index is 9.86. The number of rotatable bonds is 3. The number of hydrogen-bond donors (Lipinski definition) is 0. The lowest BCUT2D eigenvalue weighted by atomic mass is 9.57. The van der Waals surface area contributed by atoms with Gasteiger partial charge in [0.15, 0.2) is 0 Å². The second-order valence-corrected chi connectivity index (χ2v) is 12.9. The molecule has 2 aliphatic rings. The Balaban J connectivity index is 1.18. The molecule has 53 heavy (non-hydrogen) atoms. The summed E-state index contributed by atoms with van der Waals surface area (Å²) in [5.41, 5.74) is -7.16. The molecule has 8 aromatic carbocycles. The topological polar surface area (TPSA) is 27.3 Å². The van der Waals surface area contributed by atoms with Crippen LogP contribution in [0.4, 0.5) is 0 Å². The first-order valence-corrected chi connectivity index (χ1v) is 16.6. The summed E-state index contributed by atoms with van der Waals surface area (Å²) in [5, 5.41) is -1.62. The maximum atomic E-state index is 9.86. The normalized spacial score (nSPS) is 20.3. The molecule has 5 heteroatoms. The van der Waals surface area contributed by atoms with E-state index in [1.165, 1.54) is 0 Å². The third-order valence-corrected chi connectivity index (χ3v) is 10.2. The highest BCUT2D eigenvalue weighted by molar-refractivity contribution is 8.28. The lowest BCUT2D eigenvalue weighted by Crippen LogP contribution is -2.46. The summed E-state index contributed by atoms with van der Waals surface area (Å²) < 4.78 is 266. The minimum Gasteiger partial charge on any atom is -0.458 e. The molecule has 0 unspecified atom stereocenters. The summed E-state index contributed by atoms with van der Waals surface area (Å²) in [6.45, 7) is 0. The lowest BCUT2D eigenvalue weighted by Gasteiger charge is -2.33. The zero-order valence-electron chi connectivity index (χ0n) is 54.2. The summed E-state index contributed by atoms with van der Waals surface area (Å²) in [4.78, 5) is -0.232. The van der Waals surface area contributed by atoms with E-state index >= 15 is 0 Å². The monoisotopic (exact) mass is 721 g/mol. The quantitative estimate of drug-likeness (QED) is 0.170. The van der Waals surface area contributed by atoms with Crippen LogP contribution in [0.5, 0.6) is 11.5 Å². The van der Waals surface area contributed by atoms with Gasteiger partial charge in [-0.2, -0.15) is 11.6 Å². The first-order valence-electron chi connectivity index (χ1n) is 29.8. The van der Waals surface area contributed by atoms with Crippen molar-refractivity contribution in [1.29, 1.82) is 0 Å². The fraction of sp³-hybridized carbons (Fsp3) is 0. The molecular weight excluding hydrogens is 665 g/mol. The molecule has 0 saturated heterocycles. The largest absolute Gasteiger partial charge is 0.458 e. The van der Waals surface area contributed by atoms with Gasteiger partial charge in [0.1, 0.15) is 22.7 Å². The van der Waals surface area contributed by atoms with E-state index in [2.05, 4.69) is 0 Å². The molecule has 2 aliphatic heterocycles. The van der Waals surface area contributed by atoms with Gasteiger partial charge >= 0.3 is 0 Å². The molecule has 10 aromatic rings. The van der Waals surface area contributed by atoms with Crippen LogP contribution in [0.25, 0.3) is 82.8 Å². The Hall–Kier alpha value is -6.43. The molecule has 12 rings (SSSR count). The Morgan fingerprint density at radius 1 is 0.491 bits per heavy atom. The average Bonchev–Trinajstić information content (AvgIpc) is 2.69. The van der Waals surface area contributed by atoms with Crippen LogP contribution in [0.1, 0.15) is 38.4 Å². The number of benzene rings is 8. The third kappa shape index (κ3) is 4.32. The van der Waals surface area contributed by atoms with Gasteiger partial charge in [0.25, 0.3) is 5.99 Å². The van der Waals surface area contributed by atoms with E-state index < -0.39 is 248 Å². The van der Waals surface area contributed by atoms with Gasteiger partial charge in [-0.15, -0.1) is 0 Å². The fourth-order valence-corrected chi connectivity index (χ4v) is 7.89. The molecule has 0 atom stereocenters. The van der Waals surface area contributed by atoms with Crippen molar-refractivity contribution in [3.05, 3.63) is 169 Å². The van der Waals surface area contributed by atoms with E-state index in [1.54, 1.807) is 0 Å². The Morgan fingerprint density at radius 3 is 2.04 bits per heavy atom. The zero-order chi connectivity index (χ0) is 59.0. The van der Waals surface area contributed by atoms with Crippen LogP contribution in [0.2, 0.25) is 0 Å². The molecule has 0 aliphatic carbocycles. The van der Waals surface area contributed by atoms with Crippen molar-refractivity contribution < 1.29 is 47.5 Å². The van der Waals surface area contributed by atoms with Crippen LogP contribution in [0.15, 0.2) is 179 Å². The Kier molecular flexibility index (Phi) is 2.75. The summed E-state index contributed by atoms with van der Waals surface area (Å²) in [5.74, 6) is -2.77. The smallest absolute Gasteiger partial charge is 0.289 e. The van der Waals surface area contributed by atoms with Gasteiger partial charge < -0.3 is 13.7 Å². The van der Waals surface area contributed by atoms with Gasteiger partial charge in [0, 0.05) is 32.1 Å². The number of hydrogen-bond acceptors (Lipinski definition) is 3. The predicted molar refractivity (Wildman–Crippen MR) is 222 cm³/mol. The Morgan fingerprint density at radius 2 is 1.17 bits per heavy atom. The van der Waals surface area contributed by atoms with Crippen molar-refractivity contribution in [1.82, 2.24) is 4.57 Å². The second kappa shape index (κ2) is 11.0.